The molecule has 0 saturated heterocycles. The maximum Gasteiger partial charge on any atom is 0.335 e. The molecular weight excluding hydrogens is 466 g/mol. The summed E-state index contributed by atoms with van der Waals surface area (Å²) in [7, 11) is 0. The molecule has 37 heavy (non-hydrogen) atoms. The lowest BCUT2D eigenvalue weighted by molar-refractivity contribution is 0.0685. The van der Waals surface area contributed by atoms with Crippen LogP contribution in [0.1, 0.15) is 79.3 Å². The molecular formula is C30H43N3O4. The molecule has 0 aliphatic heterocycles. The number of aryl methyl sites for hydroxylation is 2. The number of carboxylic acids is 2. The van der Waals surface area contributed by atoms with E-state index in [0.717, 1.165) is 98.0 Å². The van der Waals surface area contributed by atoms with Gasteiger partial charge in [0.25, 0.3) is 0 Å². The molecule has 0 spiro atoms. The van der Waals surface area contributed by atoms with Gasteiger partial charge in [-0.2, -0.15) is 0 Å². The summed E-state index contributed by atoms with van der Waals surface area (Å²) in [5.41, 5.74) is 4.61. The number of carboxylic acid groups (broad SMARTS) is 2. The maximum atomic E-state index is 12.6. The Morgan fingerprint density at radius 3 is 1.81 bits per heavy atom. The Hall–Kier alpha value is -2.90. The van der Waals surface area contributed by atoms with E-state index in [2.05, 4.69) is 49.0 Å². The van der Waals surface area contributed by atoms with Crippen molar-refractivity contribution in [3.63, 3.8) is 0 Å². The molecule has 0 aliphatic rings. The third-order valence-electron chi connectivity index (χ3n) is 7.75. The van der Waals surface area contributed by atoms with E-state index in [1.54, 1.807) is 18.2 Å². The van der Waals surface area contributed by atoms with Crippen molar-refractivity contribution < 1.29 is 19.8 Å². The van der Waals surface area contributed by atoms with Gasteiger partial charge in [0.15, 0.2) is 0 Å². The Kier molecular flexibility index (Phi) is 10.1. The van der Waals surface area contributed by atoms with Gasteiger partial charge in [0, 0.05) is 22.8 Å². The van der Waals surface area contributed by atoms with Gasteiger partial charge >= 0.3 is 11.9 Å². The molecule has 0 bridgehead atoms. The topological polar surface area (TPSA) is 86.0 Å². The molecule has 1 heterocycles. The van der Waals surface area contributed by atoms with Crippen LogP contribution in [-0.4, -0.2) is 75.8 Å². The Morgan fingerprint density at radius 1 is 0.757 bits per heavy atom. The summed E-state index contributed by atoms with van der Waals surface area (Å²) in [6.07, 6.45) is 3.33. The van der Waals surface area contributed by atoms with Crippen LogP contribution in [0.4, 0.5) is 0 Å². The normalized spacial score (nSPS) is 11.9. The van der Waals surface area contributed by atoms with Crippen molar-refractivity contribution >= 4 is 33.7 Å². The maximum absolute atomic E-state index is 12.6. The number of hydrogen-bond donors (Lipinski definition) is 2. The first-order valence-electron chi connectivity index (χ1n) is 13.8. The van der Waals surface area contributed by atoms with E-state index in [9.17, 15) is 19.8 Å². The molecule has 0 unspecified atom stereocenters. The quantitative estimate of drug-likeness (QED) is 0.271. The Labute approximate surface area is 220 Å². The average molecular weight is 510 g/mol. The van der Waals surface area contributed by atoms with Crippen molar-refractivity contribution in [2.45, 2.75) is 66.8 Å². The van der Waals surface area contributed by atoms with E-state index in [0.29, 0.717) is 12.0 Å². The van der Waals surface area contributed by atoms with E-state index in [1.165, 1.54) is 0 Å². The van der Waals surface area contributed by atoms with E-state index < -0.39 is 11.9 Å². The lowest BCUT2D eigenvalue weighted by Gasteiger charge is -2.21. The third-order valence-corrected chi connectivity index (χ3v) is 7.75. The van der Waals surface area contributed by atoms with E-state index in [4.69, 9.17) is 0 Å². The molecule has 2 aromatic carbocycles. The predicted molar refractivity (Wildman–Crippen MR) is 151 cm³/mol. The molecule has 0 atom stereocenters. The molecule has 3 aromatic rings. The second kappa shape index (κ2) is 13.1. The summed E-state index contributed by atoms with van der Waals surface area (Å²) >= 11 is 0. The largest absolute Gasteiger partial charge is 0.478 e. The highest BCUT2D eigenvalue weighted by Gasteiger charge is 2.23. The highest BCUT2D eigenvalue weighted by atomic mass is 16.4. The van der Waals surface area contributed by atoms with Crippen LogP contribution in [0, 0.1) is 0 Å². The Morgan fingerprint density at radius 2 is 1.32 bits per heavy atom. The zero-order chi connectivity index (χ0) is 27.1. The lowest BCUT2D eigenvalue weighted by atomic mass is 9.90. The molecule has 3 rings (SSSR count). The van der Waals surface area contributed by atoms with Crippen molar-refractivity contribution in [3.8, 4) is 0 Å². The molecule has 7 nitrogen and oxygen atoms in total. The minimum Gasteiger partial charge on any atom is -0.478 e. The van der Waals surface area contributed by atoms with Gasteiger partial charge in [-0.15, -0.1) is 0 Å². The second-order valence-corrected chi connectivity index (χ2v) is 9.62. The smallest absolute Gasteiger partial charge is 0.335 e. The van der Waals surface area contributed by atoms with Gasteiger partial charge < -0.3 is 24.6 Å². The fourth-order valence-corrected chi connectivity index (χ4v) is 5.63. The molecule has 0 radical (unpaired) electrons. The number of fused-ring (bicyclic) bond motifs is 3. The standard InChI is InChI=1S/C30H43N3O4/c1-6-31(7-2)17-11-13-22-23(14-12-18-32(8-3)9-4)28-25(20-26(22)30(36)37)24-19-21(29(34)35)15-16-27(24)33(28)10-5/h15-16,19-20H,6-14,17-18H2,1-5H3,(H,34,35)(H,36,37). The number of carbonyl (C=O) groups is 2. The summed E-state index contributed by atoms with van der Waals surface area (Å²) in [4.78, 5) is 29.1. The van der Waals surface area contributed by atoms with Gasteiger partial charge in [-0.05, 0) is 107 Å². The van der Waals surface area contributed by atoms with Crippen LogP contribution in [0.5, 0.6) is 0 Å². The number of hydrogen-bond acceptors (Lipinski definition) is 4. The molecule has 0 amide bonds. The van der Waals surface area contributed by atoms with Crippen LogP contribution in [0.15, 0.2) is 24.3 Å². The summed E-state index contributed by atoms with van der Waals surface area (Å²) in [5, 5.41) is 21.5. The SMILES string of the molecule is CCN(CC)CCCc1c(C(=O)O)cc2c3cc(C(=O)O)ccc3n(CC)c2c1CCCN(CC)CC. The van der Waals surface area contributed by atoms with Gasteiger partial charge in [-0.25, -0.2) is 9.59 Å². The molecule has 7 heteroatoms. The predicted octanol–water partition coefficient (Wildman–Crippen LogP) is 5.76. The fourth-order valence-electron chi connectivity index (χ4n) is 5.63. The van der Waals surface area contributed by atoms with Crippen molar-refractivity contribution in [1.82, 2.24) is 14.4 Å². The van der Waals surface area contributed by atoms with Crippen LogP contribution in [0.2, 0.25) is 0 Å². The third kappa shape index (κ3) is 6.16. The van der Waals surface area contributed by atoms with Gasteiger partial charge in [-0.1, -0.05) is 27.7 Å². The van der Waals surface area contributed by atoms with Crippen molar-refractivity contribution in [2.24, 2.45) is 0 Å². The average Bonchev–Trinajstić information content (AvgIpc) is 3.21. The number of benzene rings is 2. The van der Waals surface area contributed by atoms with Gasteiger partial charge in [0.05, 0.1) is 16.6 Å². The van der Waals surface area contributed by atoms with Crippen molar-refractivity contribution in [2.75, 3.05) is 39.3 Å². The number of aromatic nitrogens is 1. The first-order chi connectivity index (χ1) is 17.8. The minimum absolute atomic E-state index is 0.214. The fraction of sp³-hybridized carbons (Fsp3) is 0.533. The number of rotatable bonds is 15. The van der Waals surface area contributed by atoms with Crippen LogP contribution in [-0.2, 0) is 19.4 Å². The van der Waals surface area contributed by atoms with E-state index in [-0.39, 0.29) is 5.56 Å². The number of aromatic carboxylic acids is 2. The lowest BCUT2D eigenvalue weighted by Crippen LogP contribution is -2.25. The molecule has 0 saturated carbocycles. The highest BCUT2D eigenvalue weighted by Crippen LogP contribution is 2.37. The Balaban J connectivity index is 2.24. The van der Waals surface area contributed by atoms with E-state index in [1.807, 2.05) is 6.07 Å². The summed E-state index contributed by atoms with van der Waals surface area (Å²) < 4.78 is 2.24. The monoisotopic (exact) mass is 509 g/mol. The minimum atomic E-state index is -0.981. The van der Waals surface area contributed by atoms with Crippen molar-refractivity contribution in [1.29, 1.82) is 0 Å². The van der Waals surface area contributed by atoms with Crippen LogP contribution in [0.3, 0.4) is 0 Å². The van der Waals surface area contributed by atoms with Crippen LogP contribution in [0.25, 0.3) is 21.8 Å². The highest BCUT2D eigenvalue weighted by molar-refractivity contribution is 6.13. The van der Waals surface area contributed by atoms with Gasteiger partial charge in [0.2, 0.25) is 0 Å². The molecule has 0 aliphatic carbocycles. The summed E-state index contributed by atoms with van der Waals surface area (Å²) in [5.74, 6) is -1.90. The Bertz CT molecular complexity index is 1240. The van der Waals surface area contributed by atoms with Crippen molar-refractivity contribution in [3.05, 3.63) is 46.5 Å². The summed E-state index contributed by atoms with van der Waals surface area (Å²) in [6.45, 7) is 17.3. The number of nitrogens with zero attached hydrogens (tertiary/aromatic N) is 3. The molecule has 2 N–H and O–H groups in total. The first kappa shape index (κ1) is 28.7. The first-order valence-corrected chi connectivity index (χ1v) is 13.8. The van der Waals surface area contributed by atoms with Gasteiger partial charge in [-0.3, -0.25) is 0 Å². The molecule has 202 valence electrons. The zero-order valence-corrected chi connectivity index (χ0v) is 23.1. The van der Waals surface area contributed by atoms with Crippen LogP contribution >= 0.6 is 0 Å². The molecule has 0 fully saturated rings. The zero-order valence-electron chi connectivity index (χ0n) is 23.1. The molecule has 1 aromatic heterocycles. The second-order valence-electron chi connectivity index (χ2n) is 9.62. The van der Waals surface area contributed by atoms with Crippen LogP contribution < -0.4 is 0 Å². The van der Waals surface area contributed by atoms with E-state index >= 15 is 0 Å². The summed E-state index contributed by atoms with van der Waals surface area (Å²) in [6, 6.07) is 6.98. The van der Waals surface area contributed by atoms with Gasteiger partial charge in [0.1, 0.15) is 0 Å².